The first-order valence-electron chi connectivity index (χ1n) is 8.89. The molecule has 2 N–H and O–H groups in total. The first-order chi connectivity index (χ1) is 11.7. The van der Waals surface area contributed by atoms with E-state index in [0.717, 1.165) is 30.5 Å². The lowest BCUT2D eigenvalue weighted by Crippen LogP contribution is -2.38. The van der Waals surface area contributed by atoms with Crippen LogP contribution < -0.4 is 10.6 Å². The summed E-state index contributed by atoms with van der Waals surface area (Å²) in [5.74, 6) is 0. The van der Waals surface area contributed by atoms with E-state index in [0.29, 0.717) is 0 Å². The van der Waals surface area contributed by atoms with Gasteiger partial charge in [0.2, 0.25) is 0 Å². The average Bonchev–Trinajstić information content (AvgIpc) is 2.97. The molecule has 3 nitrogen and oxygen atoms in total. The molecule has 3 rings (SSSR count). The summed E-state index contributed by atoms with van der Waals surface area (Å²) in [5.41, 5.74) is 6.04. The number of anilines is 1. The summed E-state index contributed by atoms with van der Waals surface area (Å²) in [6.07, 6.45) is 5.33. The molecule has 0 aliphatic heterocycles. The summed E-state index contributed by atoms with van der Waals surface area (Å²) in [6, 6.07) is 14.8. The Morgan fingerprint density at radius 2 is 1.83 bits per heavy atom. The number of rotatable bonds is 5. The van der Waals surface area contributed by atoms with Crippen molar-refractivity contribution in [2.45, 2.75) is 52.0 Å². The molecular weight excluding hydrogens is 296 g/mol. The van der Waals surface area contributed by atoms with Crippen molar-refractivity contribution in [2.75, 3.05) is 5.32 Å². The number of urea groups is 1. The van der Waals surface area contributed by atoms with Crippen LogP contribution in [0.2, 0.25) is 0 Å². The van der Waals surface area contributed by atoms with Crippen LogP contribution in [0.1, 0.15) is 42.0 Å². The molecule has 0 heterocycles. The van der Waals surface area contributed by atoms with Gasteiger partial charge in [0.1, 0.15) is 0 Å². The molecular formula is C21H26N2O. The molecule has 24 heavy (non-hydrogen) atoms. The highest BCUT2D eigenvalue weighted by atomic mass is 16.2. The fourth-order valence-corrected chi connectivity index (χ4v) is 3.41. The van der Waals surface area contributed by atoms with Gasteiger partial charge >= 0.3 is 6.03 Å². The van der Waals surface area contributed by atoms with E-state index in [-0.39, 0.29) is 12.1 Å². The van der Waals surface area contributed by atoms with Crippen LogP contribution in [0.3, 0.4) is 0 Å². The lowest BCUT2D eigenvalue weighted by Gasteiger charge is -2.15. The van der Waals surface area contributed by atoms with E-state index in [1.807, 2.05) is 6.07 Å². The van der Waals surface area contributed by atoms with E-state index >= 15 is 0 Å². The molecule has 0 saturated heterocycles. The standard InChI is InChI=1S/C21H26N2O/c1-3-4-7-16-10-11-20(15(2)12-16)23-21(24)22-19-13-17-8-5-6-9-18(17)14-19/h5-6,8-12,19H,3-4,7,13-14H2,1-2H3,(H2,22,23,24). The SMILES string of the molecule is CCCCc1ccc(NC(=O)NC2Cc3ccccc3C2)c(C)c1. The van der Waals surface area contributed by atoms with Crippen molar-refractivity contribution in [3.8, 4) is 0 Å². The molecule has 0 atom stereocenters. The lowest BCUT2D eigenvalue weighted by atomic mass is 10.0. The normalized spacial score (nSPS) is 13.6. The van der Waals surface area contributed by atoms with Gasteiger partial charge in [0.05, 0.1) is 0 Å². The summed E-state index contributed by atoms with van der Waals surface area (Å²) in [7, 11) is 0. The van der Waals surface area contributed by atoms with Crippen molar-refractivity contribution in [1.29, 1.82) is 0 Å². The summed E-state index contributed by atoms with van der Waals surface area (Å²) in [6.45, 7) is 4.25. The minimum atomic E-state index is -0.114. The molecule has 0 spiro atoms. The molecule has 0 fully saturated rings. The van der Waals surface area contributed by atoms with Gasteiger partial charge < -0.3 is 10.6 Å². The largest absolute Gasteiger partial charge is 0.334 e. The van der Waals surface area contributed by atoms with Gasteiger partial charge in [0.25, 0.3) is 0 Å². The topological polar surface area (TPSA) is 41.1 Å². The molecule has 126 valence electrons. The second-order valence-corrected chi connectivity index (χ2v) is 6.73. The van der Waals surface area contributed by atoms with Crippen molar-refractivity contribution in [3.63, 3.8) is 0 Å². The van der Waals surface area contributed by atoms with Crippen LogP contribution in [-0.2, 0) is 19.3 Å². The molecule has 3 heteroatoms. The number of carbonyl (C=O) groups excluding carboxylic acids is 1. The van der Waals surface area contributed by atoms with Gasteiger partial charge in [-0.05, 0) is 60.9 Å². The Labute approximate surface area is 144 Å². The lowest BCUT2D eigenvalue weighted by molar-refractivity contribution is 0.249. The molecule has 0 bridgehead atoms. The zero-order chi connectivity index (χ0) is 16.9. The highest BCUT2D eigenvalue weighted by Crippen LogP contribution is 2.22. The number of unbranched alkanes of at least 4 members (excludes halogenated alkanes) is 1. The van der Waals surface area contributed by atoms with E-state index in [1.54, 1.807) is 0 Å². The molecule has 1 aliphatic rings. The maximum Gasteiger partial charge on any atom is 0.319 e. The zero-order valence-electron chi connectivity index (χ0n) is 14.6. The van der Waals surface area contributed by atoms with Crippen molar-refractivity contribution < 1.29 is 4.79 Å². The molecule has 0 radical (unpaired) electrons. The van der Waals surface area contributed by atoms with Crippen molar-refractivity contribution in [1.82, 2.24) is 5.32 Å². The van der Waals surface area contributed by atoms with E-state index in [1.165, 1.54) is 29.5 Å². The highest BCUT2D eigenvalue weighted by molar-refractivity contribution is 5.90. The quantitative estimate of drug-likeness (QED) is 0.828. The van der Waals surface area contributed by atoms with E-state index in [2.05, 4.69) is 60.9 Å². The average molecular weight is 322 g/mol. The Kier molecular flexibility index (Phi) is 5.19. The van der Waals surface area contributed by atoms with Crippen LogP contribution in [0.4, 0.5) is 10.5 Å². The molecule has 2 aromatic rings. The maximum absolute atomic E-state index is 12.3. The van der Waals surface area contributed by atoms with Crippen LogP contribution in [0.15, 0.2) is 42.5 Å². The first-order valence-corrected chi connectivity index (χ1v) is 8.89. The summed E-state index contributed by atoms with van der Waals surface area (Å²) in [5, 5.41) is 6.10. The second kappa shape index (κ2) is 7.52. The number of hydrogen-bond donors (Lipinski definition) is 2. The summed E-state index contributed by atoms with van der Waals surface area (Å²) >= 11 is 0. The third-order valence-electron chi connectivity index (χ3n) is 4.74. The number of benzene rings is 2. The van der Waals surface area contributed by atoms with Gasteiger partial charge in [-0.25, -0.2) is 4.79 Å². The molecule has 0 aromatic heterocycles. The van der Waals surface area contributed by atoms with E-state index in [9.17, 15) is 4.79 Å². The number of hydrogen-bond acceptors (Lipinski definition) is 1. The number of aryl methyl sites for hydroxylation is 2. The van der Waals surface area contributed by atoms with Gasteiger partial charge in [0.15, 0.2) is 0 Å². The zero-order valence-corrected chi connectivity index (χ0v) is 14.6. The fourth-order valence-electron chi connectivity index (χ4n) is 3.41. The molecule has 1 aliphatic carbocycles. The highest BCUT2D eigenvalue weighted by Gasteiger charge is 2.22. The minimum Gasteiger partial charge on any atom is -0.334 e. The minimum absolute atomic E-state index is 0.114. The first kappa shape index (κ1) is 16.6. The molecule has 0 unspecified atom stereocenters. The number of fused-ring (bicyclic) bond motifs is 1. The number of amides is 2. The van der Waals surface area contributed by atoms with Crippen LogP contribution in [0.25, 0.3) is 0 Å². The Hall–Kier alpha value is -2.29. The third-order valence-corrected chi connectivity index (χ3v) is 4.74. The van der Waals surface area contributed by atoms with Crippen molar-refractivity contribution >= 4 is 11.7 Å². The Morgan fingerprint density at radius 1 is 1.12 bits per heavy atom. The predicted octanol–water partition coefficient (Wildman–Crippen LogP) is 4.63. The second-order valence-electron chi connectivity index (χ2n) is 6.73. The third kappa shape index (κ3) is 3.97. The Morgan fingerprint density at radius 3 is 2.46 bits per heavy atom. The molecule has 0 saturated carbocycles. The van der Waals surface area contributed by atoms with Crippen molar-refractivity contribution in [2.24, 2.45) is 0 Å². The molecule has 2 aromatic carbocycles. The van der Waals surface area contributed by atoms with Crippen LogP contribution >= 0.6 is 0 Å². The van der Waals surface area contributed by atoms with Crippen LogP contribution in [0, 0.1) is 6.92 Å². The summed E-state index contributed by atoms with van der Waals surface area (Å²) in [4.78, 5) is 12.3. The predicted molar refractivity (Wildman–Crippen MR) is 99.6 cm³/mol. The van der Waals surface area contributed by atoms with E-state index < -0.39 is 0 Å². The monoisotopic (exact) mass is 322 g/mol. The van der Waals surface area contributed by atoms with Gasteiger partial charge in [-0.2, -0.15) is 0 Å². The van der Waals surface area contributed by atoms with E-state index in [4.69, 9.17) is 0 Å². The molecule has 2 amide bonds. The van der Waals surface area contributed by atoms with Crippen LogP contribution in [-0.4, -0.2) is 12.1 Å². The maximum atomic E-state index is 12.3. The smallest absolute Gasteiger partial charge is 0.319 e. The Balaban J connectivity index is 1.56. The number of carbonyl (C=O) groups is 1. The summed E-state index contributed by atoms with van der Waals surface area (Å²) < 4.78 is 0. The van der Waals surface area contributed by atoms with Crippen molar-refractivity contribution in [3.05, 3.63) is 64.7 Å². The van der Waals surface area contributed by atoms with Gasteiger partial charge in [-0.1, -0.05) is 49.7 Å². The van der Waals surface area contributed by atoms with Crippen LogP contribution in [0.5, 0.6) is 0 Å². The van der Waals surface area contributed by atoms with Gasteiger partial charge in [-0.3, -0.25) is 0 Å². The van der Waals surface area contributed by atoms with Gasteiger partial charge in [0, 0.05) is 11.7 Å². The fraction of sp³-hybridized carbons (Fsp3) is 0.381. The Bertz CT molecular complexity index is 699. The van der Waals surface area contributed by atoms with Gasteiger partial charge in [-0.15, -0.1) is 0 Å². The number of nitrogens with one attached hydrogen (secondary N) is 2.